The summed E-state index contributed by atoms with van der Waals surface area (Å²) in [5, 5.41) is 6.40. The maximum absolute atomic E-state index is 12.5. The second kappa shape index (κ2) is 7.57. The lowest BCUT2D eigenvalue weighted by molar-refractivity contribution is -0.136. The number of rotatable bonds is 6. The molecule has 1 saturated heterocycles. The largest absolute Gasteiger partial charge is 0.384 e. The number of hydrogen-bond acceptors (Lipinski definition) is 3. The molecule has 0 radical (unpaired) electrons. The van der Waals surface area contributed by atoms with Crippen molar-refractivity contribution in [2.75, 3.05) is 33.4 Å². The second-order valence-electron chi connectivity index (χ2n) is 5.95. The smallest absolute Gasteiger partial charge is 0.228 e. The van der Waals surface area contributed by atoms with Crippen molar-refractivity contribution in [2.45, 2.75) is 26.2 Å². The van der Waals surface area contributed by atoms with Crippen molar-refractivity contribution in [3.63, 3.8) is 0 Å². The van der Waals surface area contributed by atoms with Gasteiger partial charge in [-0.05, 0) is 44.8 Å². The van der Waals surface area contributed by atoms with Crippen LogP contribution in [-0.2, 0) is 16.0 Å². The molecule has 1 aliphatic rings. The molecule has 0 bridgehead atoms. The van der Waals surface area contributed by atoms with E-state index in [9.17, 15) is 4.79 Å². The molecule has 0 spiro atoms. The van der Waals surface area contributed by atoms with E-state index in [1.807, 2.05) is 0 Å². The number of ether oxygens (including phenoxy) is 1. The van der Waals surface area contributed by atoms with Crippen molar-refractivity contribution in [1.29, 1.82) is 0 Å². The van der Waals surface area contributed by atoms with Crippen molar-refractivity contribution in [2.24, 2.45) is 5.41 Å². The van der Waals surface area contributed by atoms with Gasteiger partial charge in [-0.3, -0.25) is 4.79 Å². The predicted molar refractivity (Wildman–Crippen MR) is 84.3 cm³/mol. The van der Waals surface area contributed by atoms with Crippen molar-refractivity contribution in [3.8, 4) is 0 Å². The minimum atomic E-state index is -0.354. The SMILES string of the molecule is COCC1(C(=O)NCCc2ccc(C)cc2)CCNCC1. The van der Waals surface area contributed by atoms with Gasteiger partial charge < -0.3 is 15.4 Å². The van der Waals surface area contributed by atoms with E-state index in [-0.39, 0.29) is 11.3 Å². The average molecular weight is 290 g/mol. The normalized spacial score (nSPS) is 17.4. The number of amides is 1. The van der Waals surface area contributed by atoms with E-state index in [1.54, 1.807) is 7.11 Å². The molecular formula is C17H26N2O2. The third kappa shape index (κ3) is 4.29. The Kier molecular flexibility index (Phi) is 5.76. The fourth-order valence-corrected chi connectivity index (χ4v) is 2.88. The van der Waals surface area contributed by atoms with Gasteiger partial charge in [0.1, 0.15) is 0 Å². The van der Waals surface area contributed by atoms with Gasteiger partial charge in [0.05, 0.1) is 12.0 Å². The molecule has 21 heavy (non-hydrogen) atoms. The first-order valence-electron chi connectivity index (χ1n) is 7.70. The Morgan fingerprint density at radius 2 is 1.95 bits per heavy atom. The molecule has 1 heterocycles. The van der Waals surface area contributed by atoms with Crippen LogP contribution in [0.25, 0.3) is 0 Å². The Hall–Kier alpha value is -1.39. The first-order chi connectivity index (χ1) is 10.2. The predicted octanol–water partition coefficient (Wildman–Crippen LogP) is 1.67. The lowest BCUT2D eigenvalue weighted by Gasteiger charge is -2.35. The van der Waals surface area contributed by atoms with Gasteiger partial charge in [-0.2, -0.15) is 0 Å². The van der Waals surface area contributed by atoms with Crippen LogP contribution in [0.5, 0.6) is 0 Å². The van der Waals surface area contributed by atoms with E-state index in [2.05, 4.69) is 41.8 Å². The van der Waals surface area contributed by atoms with E-state index in [4.69, 9.17) is 4.74 Å². The molecule has 2 N–H and O–H groups in total. The first-order valence-corrected chi connectivity index (χ1v) is 7.70. The molecule has 0 saturated carbocycles. The van der Waals surface area contributed by atoms with Gasteiger partial charge in [0.15, 0.2) is 0 Å². The number of hydrogen-bond donors (Lipinski definition) is 2. The van der Waals surface area contributed by atoms with Crippen LogP contribution in [0.2, 0.25) is 0 Å². The molecule has 2 rings (SSSR count). The number of methoxy groups -OCH3 is 1. The third-order valence-corrected chi connectivity index (χ3v) is 4.28. The van der Waals surface area contributed by atoms with E-state index >= 15 is 0 Å². The molecule has 0 aliphatic carbocycles. The maximum atomic E-state index is 12.5. The summed E-state index contributed by atoms with van der Waals surface area (Å²) < 4.78 is 5.29. The monoisotopic (exact) mass is 290 g/mol. The molecule has 1 aromatic carbocycles. The number of aryl methyl sites for hydroxylation is 1. The number of nitrogens with one attached hydrogen (secondary N) is 2. The average Bonchev–Trinajstić information content (AvgIpc) is 2.50. The molecule has 1 fully saturated rings. The zero-order valence-electron chi connectivity index (χ0n) is 13.1. The highest BCUT2D eigenvalue weighted by atomic mass is 16.5. The minimum absolute atomic E-state index is 0.137. The van der Waals surface area contributed by atoms with Gasteiger partial charge in [0.25, 0.3) is 0 Å². The zero-order valence-corrected chi connectivity index (χ0v) is 13.1. The molecule has 1 aliphatic heterocycles. The van der Waals surface area contributed by atoms with E-state index in [1.165, 1.54) is 11.1 Å². The van der Waals surface area contributed by atoms with Crippen LogP contribution < -0.4 is 10.6 Å². The molecule has 1 aromatic rings. The van der Waals surface area contributed by atoms with Crippen LogP contribution in [0.1, 0.15) is 24.0 Å². The van der Waals surface area contributed by atoms with Crippen LogP contribution in [0.4, 0.5) is 0 Å². The molecule has 4 nitrogen and oxygen atoms in total. The van der Waals surface area contributed by atoms with Crippen LogP contribution >= 0.6 is 0 Å². The highest BCUT2D eigenvalue weighted by Gasteiger charge is 2.39. The summed E-state index contributed by atoms with van der Waals surface area (Å²) in [4.78, 5) is 12.5. The van der Waals surface area contributed by atoms with Gasteiger partial charge in [0.2, 0.25) is 5.91 Å². The highest BCUT2D eigenvalue weighted by Crippen LogP contribution is 2.29. The van der Waals surface area contributed by atoms with E-state index in [0.717, 1.165) is 32.4 Å². The van der Waals surface area contributed by atoms with E-state index in [0.29, 0.717) is 13.2 Å². The van der Waals surface area contributed by atoms with Crippen LogP contribution in [-0.4, -0.2) is 39.3 Å². The quantitative estimate of drug-likeness (QED) is 0.838. The Morgan fingerprint density at radius 3 is 2.57 bits per heavy atom. The Morgan fingerprint density at radius 1 is 1.29 bits per heavy atom. The van der Waals surface area contributed by atoms with Gasteiger partial charge in [0, 0.05) is 13.7 Å². The van der Waals surface area contributed by atoms with Crippen molar-refractivity contribution >= 4 is 5.91 Å². The van der Waals surface area contributed by atoms with Gasteiger partial charge in [-0.25, -0.2) is 0 Å². The summed E-state index contributed by atoms with van der Waals surface area (Å²) in [7, 11) is 1.67. The topological polar surface area (TPSA) is 50.4 Å². The van der Waals surface area contributed by atoms with E-state index < -0.39 is 0 Å². The number of carbonyl (C=O) groups excluding carboxylic acids is 1. The van der Waals surface area contributed by atoms with Gasteiger partial charge in [-0.1, -0.05) is 29.8 Å². The second-order valence-corrected chi connectivity index (χ2v) is 5.95. The summed E-state index contributed by atoms with van der Waals surface area (Å²) in [6.07, 6.45) is 2.56. The summed E-state index contributed by atoms with van der Waals surface area (Å²) >= 11 is 0. The minimum Gasteiger partial charge on any atom is -0.384 e. The zero-order chi connectivity index (χ0) is 15.1. The number of benzene rings is 1. The molecule has 0 aromatic heterocycles. The van der Waals surface area contributed by atoms with Crippen molar-refractivity contribution < 1.29 is 9.53 Å². The Balaban J connectivity index is 1.85. The van der Waals surface area contributed by atoms with Gasteiger partial charge >= 0.3 is 0 Å². The lowest BCUT2D eigenvalue weighted by Crippen LogP contribution is -2.50. The Labute approximate surface area is 127 Å². The standard InChI is InChI=1S/C17H26N2O2/c1-14-3-5-15(6-4-14)7-10-19-16(20)17(13-21-2)8-11-18-12-9-17/h3-6,18H,7-13H2,1-2H3,(H,19,20). The third-order valence-electron chi connectivity index (χ3n) is 4.28. The lowest BCUT2D eigenvalue weighted by atomic mass is 9.78. The fourth-order valence-electron chi connectivity index (χ4n) is 2.88. The first kappa shape index (κ1) is 16.0. The Bertz CT molecular complexity index is 445. The molecule has 4 heteroatoms. The summed E-state index contributed by atoms with van der Waals surface area (Å²) in [5.74, 6) is 0.137. The van der Waals surface area contributed by atoms with Crippen LogP contribution in [0.15, 0.2) is 24.3 Å². The van der Waals surface area contributed by atoms with Crippen molar-refractivity contribution in [1.82, 2.24) is 10.6 Å². The number of piperidine rings is 1. The van der Waals surface area contributed by atoms with Gasteiger partial charge in [-0.15, -0.1) is 0 Å². The number of carbonyl (C=O) groups is 1. The fraction of sp³-hybridized carbons (Fsp3) is 0.588. The molecule has 116 valence electrons. The highest BCUT2D eigenvalue weighted by molar-refractivity contribution is 5.83. The summed E-state index contributed by atoms with van der Waals surface area (Å²) in [5.41, 5.74) is 2.16. The maximum Gasteiger partial charge on any atom is 0.228 e. The summed E-state index contributed by atoms with van der Waals surface area (Å²) in [6.45, 7) is 5.03. The molecule has 0 atom stereocenters. The van der Waals surface area contributed by atoms with Crippen LogP contribution in [0.3, 0.4) is 0 Å². The molecule has 1 amide bonds. The molecule has 0 unspecified atom stereocenters. The van der Waals surface area contributed by atoms with Crippen molar-refractivity contribution in [3.05, 3.63) is 35.4 Å². The summed E-state index contributed by atoms with van der Waals surface area (Å²) in [6, 6.07) is 8.46. The van der Waals surface area contributed by atoms with Crippen LogP contribution in [0, 0.1) is 12.3 Å². The molecular weight excluding hydrogens is 264 g/mol.